The Hall–Kier alpha value is -2.08. The molecule has 0 aromatic heterocycles. The van der Waals surface area contributed by atoms with Gasteiger partial charge in [0, 0.05) is 12.3 Å². The van der Waals surface area contributed by atoms with Crippen LogP contribution in [0.5, 0.6) is 5.75 Å². The van der Waals surface area contributed by atoms with Gasteiger partial charge in [0.15, 0.2) is 0 Å². The highest BCUT2D eigenvalue weighted by Crippen LogP contribution is 2.21. The van der Waals surface area contributed by atoms with Crippen molar-refractivity contribution in [2.45, 2.75) is 26.2 Å². The molecule has 0 aliphatic carbocycles. The number of hydrogen-bond acceptors (Lipinski definition) is 4. The van der Waals surface area contributed by atoms with Crippen molar-refractivity contribution in [3.63, 3.8) is 0 Å². The number of anilines is 1. The molecule has 1 aromatic carbocycles. The van der Waals surface area contributed by atoms with Gasteiger partial charge < -0.3 is 20.3 Å². The van der Waals surface area contributed by atoms with Crippen LogP contribution in [0.1, 0.15) is 36.5 Å². The number of hydrogen-bond donors (Lipinski definition) is 3. The molecular weight excluding hydrogens is 262 g/mol. The van der Waals surface area contributed by atoms with Crippen molar-refractivity contribution in [2.24, 2.45) is 0 Å². The van der Waals surface area contributed by atoms with Crippen LogP contribution in [-0.2, 0) is 9.53 Å². The van der Waals surface area contributed by atoms with Crippen LogP contribution in [0.4, 0.5) is 5.69 Å². The number of carbonyl (C=O) groups excluding carboxylic acids is 1. The average Bonchev–Trinajstić information content (AvgIpc) is 2.40. The molecule has 6 heteroatoms. The second kappa shape index (κ2) is 8.16. The molecule has 0 spiro atoms. The lowest BCUT2D eigenvalue weighted by Crippen LogP contribution is -2.18. The van der Waals surface area contributed by atoms with Crippen LogP contribution in [0.2, 0.25) is 0 Å². The minimum atomic E-state index is -1.26. The number of amides is 1. The highest BCUT2D eigenvalue weighted by atomic mass is 16.5. The van der Waals surface area contributed by atoms with Crippen molar-refractivity contribution in [3.8, 4) is 5.75 Å². The summed E-state index contributed by atoms with van der Waals surface area (Å²) in [4.78, 5) is 22.4. The summed E-state index contributed by atoms with van der Waals surface area (Å²) < 4.78 is 5.19. The number of rotatable bonds is 8. The van der Waals surface area contributed by atoms with E-state index >= 15 is 0 Å². The van der Waals surface area contributed by atoms with E-state index in [1.165, 1.54) is 18.2 Å². The minimum Gasteiger partial charge on any atom is -0.507 e. The summed E-state index contributed by atoms with van der Waals surface area (Å²) in [6.07, 6.45) is 3.05. The van der Waals surface area contributed by atoms with Crippen LogP contribution >= 0.6 is 0 Å². The van der Waals surface area contributed by atoms with Crippen LogP contribution < -0.4 is 5.32 Å². The molecule has 20 heavy (non-hydrogen) atoms. The first-order valence-corrected chi connectivity index (χ1v) is 6.48. The van der Waals surface area contributed by atoms with Gasteiger partial charge in [-0.3, -0.25) is 4.79 Å². The van der Waals surface area contributed by atoms with Gasteiger partial charge in [-0.25, -0.2) is 4.79 Å². The predicted molar refractivity (Wildman–Crippen MR) is 74.0 cm³/mol. The van der Waals surface area contributed by atoms with Gasteiger partial charge in [0.1, 0.15) is 17.9 Å². The number of benzene rings is 1. The largest absolute Gasteiger partial charge is 0.507 e. The first-order valence-electron chi connectivity index (χ1n) is 6.48. The molecule has 0 aliphatic heterocycles. The van der Waals surface area contributed by atoms with E-state index in [9.17, 15) is 14.7 Å². The lowest BCUT2D eigenvalue weighted by Gasteiger charge is -2.07. The maximum atomic E-state index is 11.6. The van der Waals surface area contributed by atoms with Gasteiger partial charge in [0.05, 0.1) is 0 Å². The number of phenols is 1. The van der Waals surface area contributed by atoms with Gasteiger partial charge in [-0.05, 0) is 24.6 Å². The zero-order valence-corrected chi connectivity index (χ0v) is 11.4. The molecule has 0 radical (unpaired) electrons. The fourth-order valence-electron chi connectivity index (χ4n) is 1.60. The topological polar surface area (TPSA) is 95.9 Å². The maximum Gasteiger partial charge on any atom is 0.339 e. The zero-order chi connectivity index (χ0) is 15.0. The molecule has 0 aliphatic rings. The van der Waals surface area contributed by atoms with Crippen LogP contribution in [0.15, 0.2) is 18.2 Å². The van der Waals surface area contributed by atoms with E-state index in [0.29, 0.717) is 12.3 Å². The standard InChI is InChI=1S/C14H19NO5/c1-2-3-4-7-20-9-13(17)15-10-5-6-12(16)11(8-10)14(18)19/h5-6,8,16H,2-4,7,9H2,1H3,(H,15,17)(H,18,19). The van der Waals surface area contributed by atoms with Crippen LogP contribution in [-0.4, -0.2) is 35.3 Å². The number of aromatic hydroxyl groups is 1. The fraction of sp³-hybridized carbons (Fsp3) is 0.429. The van der Waals surface area contributed by atoms with E-state index in [2.05, 4.69) is 12.2 Å². The number of nitrogens with one attached hydrogen (secondary N) is 1. The summed E-state index contributed by atoms with van der Waals surface area (Å²) in [6.45, 7) is 2.53. The van der Waals surface area contributed by atoms with E-state index in [-0.39, 0.29) is 23.8 Å². The molecule has 0 saturated heterocycles. The molecule has 0 unspecified atom stereocenters. The maximum absolute atomic E-state index is 11.6. The summed E-state index contributed by atoms with van der Waals surface area (Å²) in [7, 11) is 0. The Labute approximate surface area is 117 Å². The van der Waals surface area contributed by atoms with Gasteiger partial charge in [-0.1, -0.05) is 19.8 Å². The van der Waals surface area contributed by atoms with Crippen molar-refractivity contribution >= 4 is 17.6 Å². The zero-order valence-electron chi connectivity index (χ0n) is 11.4. The van der Waals surface area contributed by atoms with E-state index in [4.69, 9.17) is 9.84 Å². The molecule has 0 atom stereocenters. The summed E-state index contributed by atoms with van der Waals surface area (Å²) >= 11 is 0. The number of ether oxygens (including phenoxy) is 1. The van der Waals surface area contributed by atoms with Gasteiger partial charge in [0.2, 0.25) is 5.91 Å². The molecule has 0 bridgehead atoms. The molecule has 1 aromatic rings. The Bertz CT molecular complexity index is 473. The number of unbranched alkanes of at least 4 members (excludes halogenated alkanes) is 2. The highest BCUT2D eigenvalue weighted by molar-refractivity contribution is 5.95. The van der Waals surface area contributed by atoms with Crippen molar-refractivity contribution in [2.75, 3.05) is 18.5 Å². The monoisotopic (exact) mass is 281 g/mol. The fourth-order valence-corrected chi connectivity index (χ4v) is 1.60. The van der Waals surface area contributed by atoms with Crippen LogP contribution in [0, 0.1) is 0 Å². The molecule has 0 saturated carbocycles. The summed E-state index contributed by atoms with van der Waals surface area (Å²) in [6, 6.07) is 3.85. The first kappa shape index (κ1) is 16.0. The SMILES string of the molecule is CCCCCOCC(=O)Nc1ccc(O)c(C(=O)O)c1. The number of carboxylic acids is 1. The molecule has 1 rings (SSSR count). The Morgan fingerprint density at radius 3 is 2.70 bits per heavy atom. The smallest absolute Gasteiger partial charge is 0.339 e. The van der Waals surface area contributed by atoms with E-state index in [1.54, 1.807) is 0 Å². The van der Waals surface area contributed by atoms with Gasteiger partial charge in [-0.15, -0.1) is 0 Å². The van der Waals surface area contributed by atoms with E-state index in [1.807, 2.05) is 0 Å². The molecule has 1 amide bonds. The second-order valence-electron chi connectivity index (χ2n) is 4.34. The van der Waals surface area contributed by atoms with Crippen molar-refractivity contribution in [1.29, 1.82) is 0 Å². The van der Waals surface area contributed by atoms with Crippen LogP contribution in [0.3, 0.4) is 0 Å². The van der Waals surface area contributed by atoms with Crippen LogP contribution in [0.25, 0.3) is 0 Å². The Balaban J connectivity index is 2.46. The minimum absolute atomic E-state index is 0.0764. The normalized spacial score (nSPS) is 10.2. The van der Waals surface area contributed by atoms with Crippen molar-refractivity contribution in [1.82, 2.24) is 0 Å². The first-order chi connectivity index (χ1) is 9.54. The van der Waals surface area contributed by atoms with Gasteiger partial charge >= 0.3 is 5.97 Å². The average molecular weight is 281 g/mol. The summed E-state index contributed by atoms with van der Waals surface area (Å²) in [5.41, 5.74) is 0.0500. The Morgan fingerprint density at radius 1 is 1.30 bits per heavy atom. The Morgan fingerprint density at radius 2 is 2.05 bits per heavy atom. The molecule has 3 N–H and O–H groups in total. The molecule has 0 fully saturated rings. The third-order valence-corrected chi connectivity index (χ3v) is 2.64. The second-order valence-corrected chi connectivity index (χ2v) is 4.34. The van der Waals surface area contributed by atoms with E-state index < -0.39 is 5.97 Å². The summed E-state index contributed by atoms with van der Waals surface area (Å²) in [5, 5.41) is 20.7. The third kappa shape index (κ3) is 5.27. The third-order valence-electron chi connectivity index (χ3n) is 2.64. The number of aromatic carboxylic acids is 1. The molecular formula is C14H19NO5. The van der Waals surface area contributed by atoms with Crippen molar-refractivity contribution < 1.29 is 24.5 Å². The van der Waals surface area contributed by atoms with Gasteiger partial charge in [-0.2, -0.15) is 0 Å². The lowest BCUT2D eigenvalue weighted by atomic mass is 10.2. The Kier molecular flexibility index (Phi) is 6.52. The summed E-state index contributed by atoms with van der Waals surface area (Å²) in [5.74, 6) is -1.95. The number of carbonyl (C=O) groups is 2. The van der Waals surface area contributed by atoms with Crippen molar-refractivity contribution in [3.05, 3.63) is 23.8 Å². The van der Waals surface area contributed by atoms with Gasteiger partial charge in [0.25, 0.3) is 0 Å². The quantitative estimate of drug-likeness (QED) is 0.501. The molecule has 6 nitrogen and oxygen atoms in total. The molecule has 0 heterocycles. The lowest BCUT2D eigenvalue weighted by molar-refractivity contribution is -0.120. The predicted octanol–water partition coefficient (Wildman–Crippen LogP) is 2.24. The highest BCUT2D eigenvalue weighted by Gasteiger charge is 2.11. The molecule has 110 valence electrons. The van der Waals surface area contributed by atoms with E-state index in [0.717, 1.165) is 19.3 Å². The number of carboxylic acid groups (broad SMARTS) is 1.